The van der Waals surface area contributed by atoms with Crippen LogP contribution in [0.25, 0.3) is 0 Å². The van der Waals surface area contributed by atoms with Crippen LogP contribution in [0.15, 0.2) is 0 Å². The molecular weight excluding hydrogens is 276 g/mol. The van der Waals surface area contributed by atoms with Crippen molar-refractivity contribution in [3.63, 3.8) is 0 Å². The van der Waals surface area contributed by atoms with Crippen molar-refractivity contribution in [1.82, 2.24) is 0 Å². The SMILES string of the molecule is CCCC[NH3+].OB1OB(O)O[B-]2(O1)OB(O)OB(O)O2. The average molecular weight is 292 g/mol. The Labute approximate surface area is 117 Å². The normalized spacial score (nSPS) is 21.9. The van der Waals surface area contributed by atoms with E-state index in [4.69, 9.17) is 20.1 Å². The molecule has 7 N–H and O–H groups in total. The summed E-state index contributed by atoms with van der Waals surface area (Å²) in [6.45, 7) is 0.0549. The van der Waals surface area contributed by atoms with Crippen LogP contribution >= 0.6 is 0 Å². The van der Waals surface area contributed by atoms with Crippen LogP contribution in [-0.4, -0.2) is 62.9 Å². The Morgan fingerprint density at radius 2 is 1.20 bits per heavy atom. The zero-order chi connectivity index (χ0) is 15.2. The molecule has 0 amide bonds. The summed E-state index contributed by atoms with van der Waals surface area (Å²) in [6, 6.07) is 0. The lowest BCUT2D eigenvalue weighted by Gasteiger charge is -2.49. The molecule has 2 aliphatic rings. The predicted molar refractivity (Wildman–Crippen MR) is 66.8 cm³/mol. The largest absolute Gasteiger partial charge is 0.582 e. The van der Waals surface area contributed by atoms with Gasteiger partial charge in [-0.3, -0.25) is 0 Å². The molecule has 0 radical (unpaired) electrons. The van der Waals surface area contributed by atoms with Gasteiger partial charge in [0.15, 0.2) is 0 Å². The van der Waals surface area contributed by atoms with Crippen LogP contribution in [0.3, 0.4) is 0 Å². The Morgan fingerprint density at radius 1 is 0.850 bits per heavy atom. The molecule has 0 aromatic carbocycles. The molecule has 11 nitrogen and oxygen atoms in total. The zero-order valence-electron chi connectivity index (χ0n) is 11.0. The first-order valence-electron chi connectivity index (χ1n) is 6.07. The maximum atomic E-state index is 8.94. The zero-order valence-corrected chi connectivity index (χ0v) is 11.0. The molecule has 2 heterocycles. The van der Waals surface area contributed by atoms with E-state index in [1.165, 1.54) is 12.8 Å². The van der Waals surface area contributed by atoms with Crippen molar-refractivity contribution in [2.24, 2.45) is 0 Å². The number of unbranched alkanes of at least 4 members (excludes halogenated alkanes) is 1. The van der Waals surface area contributed by atoms with Crippen molar-refractivity contribution in [1.29, 1.82) is 0 Å². The Balaban J connectivity index is 0.000000347. The molecule has 20 heavy (non-hydrogen) atoms. The maximum Gasteiger partial charge on any atom is 0.582 e. The first kappa shape index (κ1) is 17.9. The maximum absolute atomic E-state index is 8.94. The molecular formula is C4H16B5NO10. The van der Waals surface area contributed by atoms with E-state index in [1.807, 2.05) is 0 Å². The van der Waals surface area contributed by atoms with E-state index < -0.39 is 36.2 Å². The van der Waals surface area contributed by atoms with E-state index in [0.29, 0.717) is 0 Å². The molecule has 2 saturated heterocycles. The molecule has 0 bridgehead atoms. The molecule has 0 unspecified atom stereocenters. The second-order valence-corrected chi connectivity index (χ2v) is 3.83. The van der Waals surface area contributed by atoms with Gasteiger partial charge in [0.1, 0.15) is 0 Å². The topological polar surface area (TPSA) is 164 Å². The van der Waals surface area contributed by atoms with Gasteiger partial charge in [-0.1, -0.05) is 13.3 Å². The summed E-state index contributed by atoms with van der Waals surface area (Å²) in [5, 5.41) is 35.7. The highest BCUT2D eigenvalue weighted by atomic mass is 17.0. The summed E-state index contributed by atoms with van der Waals surface area (Å²) >= 11 is 0. The van der Waals surface area contributed by atoms with E-state index in [2.05, 4.69) is 40.1 Å². The van der Waals surface area contributed by atoms with Crippen molar-refractivity contribution in [2.75, 3.05) is 6.54 Å². The molecule has 0 aromatic heterocycles. The van der Waals surface area contributed by atoms with Gasteiger partial charge in [-0.05, 0) is 6.42 Å². The van der Waals surface area contributed by atoms with Crippen LogP contribution in [0.5, 0.6) is 0 Å². The molecule has 0 atom stereocenters. The minimum atomic E-state index is -3.21. The van der Waals surface area contributed by atoms with Gasteiger partial charge in [-0.15, -0.1) is 0 Å². The van der Waals surface area contributed by atoms with Crippen LogP contribution in [-0.2, 0) is 27.4 Å². The van der Waals surface area contributed by atoms with Gasteiger partial charge < -0.3 is 53.3 Å². The highest BCUT2D eigenvalue weighted by Crippen LogP contribution is 2.23. The monoisotopic (exact) mass is 293 g/mol. The molecule has 2 fully saturated rings. The quantitative estimate of drug-likeness (QED) is 0.313. The molecule has 0 aliphatic carbocycles. The number of quaternary nitrogens is 1. The summed E-state index contributed by atoms with van der Waals surface area (Å²) in [5.74, 6) is 0. The van der Waals surface area contributed by atoms with Gasteiger partial charge in [0.2, 0.25) is 0 Å². The van der Waals surface area contributed by atoms with Crippen LogP contribution < -0.4 is 5.73 Å². The van der Waals surface area contributed by atoms with Crippen LogP contribution in [0.4, 0.5) is 0 Å². The Kier molecular flexibility index (Phi) is 7.49. The third-order valence-electron chi connectivity index (χ3n) is 2.20. The van der Waals surface area contributed by atoms with Crippen LogP contribution in [0, 0.1) is 0 Å². The summed E-state index contributed by atoms with van der Waals surface area (Å²) < 4.78 is 26.4. The summed E-state index contributed by atoms with van der Waals surface area (Å²) in [5.41, 5.74) is 3.68. The third-order valence-corrected chi connectivity index (χ3v) is 2.20. The van der Waals surface area contributed by atoms with Crippen LogP contribution in [0.1, 0.15) is 19.8 Å². The van der Waals surface area contributed by atoms with Gasteiger partial charge in [0, 0.05) is 0 Å². The Morgan fingerprint density at radius 3 is 1.40 bits per heavy atom. The molecule has 0 aromatic rings. The van der Waals surface area contributed by atoms with Crippen molar-refractivity contribution >= 4 is 36.2 Å². The highest BCUT2D eigenvalue weighted by Gasteiger charge is 2.53. The predicted octanol–water partition coefficient (Wildman–Crippen LogP) is -4.51. The lowest BCUT2D eigenvalue weighted by molar-refractivity contribution is -0.368. The molecule has 1 spiro atoms. The Bertz CT molecular complexity index is 239. The molecule has 16 heteroatoms. The van der Waals surface area contributed by atoms with E-state index >= 15 is 0 Å². The van der Waals surface area contributed by atoms with Gasteiger partial charge in [0.05, 0.1) is 6.54 Å². The highest BCUT2D eigenvalue weighted by molar-refractivity contribution is 6.81. The lowest BCUT2D eigenvalue weighted by Crippen LogP contribution is -2.69. The Hall–Kier alpha value is -0.115. The van der Waals surface area contributed by atoms with E-state index in [-0.39, 0.29) is 0 Å². The van der Waals surface area contributed by atoms with Crippen molar-refractivity contribution in [3.05, 3.63) is 0 Å². The van der Waals surface area contributed by atoms with Crippen molar-refractivity contribution in [3.8, 4) is 0 Å². The average Bonchev–Trinajstić information content (AvgIpc) is 2.26. The number of rotatable bonds is 2. The minimum Gasteiger partial charge on any atom is -0.539 e. The first-order valence-corrected chi connectivity index (χ1v) is 6.07. The molecule has 0 saturated carbocycles. The van der Waals surface area contributed by atoms with Crippen molar-refractivity contribution < 1.29 is 53.3 Å². The van der Waals surface area contributed by atoms with Crippen LogP contribution in [0.2, 0.25) is 0 Å². The first-order chi connectivity index (χ1) is 9.40. The summed E-state index contributed by atoms with van der Waals surface area (Å²) in [4.78, 5) is 0. The third kappa shape index (κ3) is 5.71. The standard InChI is InChI=1S/C4H11N.B5H4O10/c1-2-3-4-5;6-1-10-2(7)13-5(12-1)14-3(8)11-4(9)15-5/h2-5H2,1H3;6-9H/q;-1/p+1. The smallest absolute Gasteiger partial charge is 0.539 e. The molecule has 112 valence electrons. The van der Waals surface area contributed by atoms with E-state index in [0.717, 1.165) is 6.54 Å². The van der Waals surface area contributed by atoms with E-state index in [9.17, 15) is 0 Å². The second kappa shape index (κ2) is 8.36. The summed E-state index contributed by atoms with van der Waals surface area (Å²) in [7, 11) is -7.59. The minimum absolute atomic E-state index is 1.09. The van der Waals surface area contributed by atoms with Gasteiger partial charge in [0.25, 0.3) is 0 Å². The van der Waals surface area contributed by atoms with E-state index in [1.54, 1.807) is 0 Å². The fourth-order valence-electron chi connectivity index (χ4n) is 1.34. The summed E-state index contributed by atoms with van der Waals surface area (Å²) in [6.07, 6.45) is 2.56. The second-order valence-electron chi connectivity index (χ2n) is 3.83. The van der Waals surface area contributed by atoms with Gasteiger partial charge in [-0.25, -0.2) is 0 Å². The fraction of sp³-hybridized carbons (Fsp3) is 1.00. The van der Waals surface area contributed by atoms with Crippen molar-refractivity contribution in [2.45, 2.75) is 19.8 Å². The number of hydrogen-bond acceptors (Lipinski definition) is 10. The van der Waals surface area contributed by atoms with Gasteiger partial charge >= 0.3 is 36.2 Å². The fourth-order valence-corrected chi connectivity index (χ4v) is 1.34. The van der Waals surface area contributed by atoms with Gasteiger partial charge in [-0.2, -0.15) is 0 Å². The number of hydrogen-bond donors (Lipinski definition) is 5. The lowest BCUT2D eigenvalue weighted by atomic mass is 9.84. The molecule has 2 rings (SSSR count). The molecule has 2 aliphatic heterocycles.